The molecule has 110 valence electrons. The minimum atomic E-state index is -0.137. The molecule has 1 aliphatic carbocycles. The summed E-state index contributed by atoms with van der Waals surface area (Å²) in [4.78, 5) is 16.5. The number of aromatic nitrogens is 1. The molecule has 1 heterocycles. The number of hydrogen-bond donors (Lipinski definition) is 2. The van der Waals surface area contributed by atoms with Gasteiger partial charge in [-0.1, -0.05) is 31.9 Å². The van der Waals surface area contributed by atoms with E-state index in [2.05, 4.69) is 10.3 Å². The normalized spacial score (nSPS) is 22.2. The van der Waals surface area contributed by atoms with Gasteiger partial charge >= 0.3 is 0 Å². The van der Waals surface area contributed by atoms with Crippen molar-refractivity contribution in [2.24, 2.45) is 5.92 Å². The molecule has 20 heavy (non-hydrogen) atoms. The predicted molar refractivity (Wildman–Crippen MR) is 79.0 cm³/mol. The summed E-state index contributed by atoms with van der Waals surface area (Å²) in [6.07, 6.45) is 2.94. The van der Waals surface area contributed by atoms with Crippen LogP contribution in [0.2, 0.25) is 5.15 Å². The van der Waals surface area contributed by atoms with E-state index >= 15 is 0 Å². The Kier molecular flexibility index (Phi) is 5.00. The number of pyridine rings is 1. The van der Waals surface area contributed by atoms with Gasteiger partial charge in [0.1, 0.15) is 5.15 Å². The van der Waals surface area contributed by atoms with Gasteiger partial charge in [0.2, 0.25) is 0 Å². The second-order valence-corrected chi connectivity index (χ2v) is 6.10. The van der Waals surface area contributed by atoms with Gasteiger partial charge in [-0.3, -0.25) is 4.79 Å². The average molecular weight is 297 g/mol. The number of halogens is 1. The molecule has 2 rings (SSSR count). The van der Waals surface area contributed by atoms with E-state index in [1.807, 2.05) is 13.8 Å². The van der Waals surface area contributed by atoms with Crippen molar-refractivity contribution in [1.82, 2.24) is 10.3 Å². The third kappa shape index (κ3) is 3.49. The molecule has 1 saturated carbocycles. The zero-order valence-electron chi connectivity index (χ0n) is 11.9. The summed E-state index contributed by atoms with van der Waals surface area (Å²) in [6, 6.07) is 3.43. The van der Waals surface area contributed by atoms with Crippen LogP contribution >= 0.6 is 11.6 Å². The Bertz CT molecular complexity index is 491. The molecule has 0 radical (unpaired) electrons. The van der Waals surface area contributed by atoms with Crippen molar-refractivity contribution in [3.05, 3.63) is 28.5 Å². The number of rotatable bonds is 4. The summed E-state index contributed by atoms with van der Waals surface area (Å²) in [7, 11) is 0. The van der Waals surface area contributed by atoms with Gasteiger partial charge < -0.3 is 10.4 Å². The summed E-state index contributed by atoms with van der Waals surface area (Å²) in [5.41, 5.74) is 1.35. The van der Waals surface area contributed by atoms with Crippen LogP contribution in [0.1, 0.15) is 55.1 Å². The minimum absolute atomic E-state index is 0.0574. The number of amides is 1. The summed E-state index contributed by atoms with van der Waals surface area (Å²) in [6.45, 7) is 4.15. The highest BCUT2D eigenvalue weighted by Crippen LogP contribution is 2.25. The first-order valence-electron chi connectivity index (χ1n) is 7.10. The van der Waals surface area contributed by atoms with Crippen LogP contribution in [-0.2, 0) is 0 Å². The van der Waals surface area contributed by atoms with Crippen LogP contribution in [0.4, 0.5) is 0 Å². The fourth-order valence-corrected chi connectivity index (χ4v) is 2.86. The Hall–Kier alpha value is -1.13. The molecule has 1 fully saturated rings. The van der Waals surface area contributed by atoms with Crippen LogP contribution in [0.15, 0.2) is 12.1 Å². The van der Waals surface area contributed by atoms with E-state index in [-0.39, 0.29) is 30.4 Å². The van der Waals surface area contributed by atoms with Gasteiger partial charge in [-0.2, -0.15) is 0 Å². The summed E-state index contributed by atoms with van der Waals surface area (Å²) < 4.78 is 0. The fourth-order valence-electron chi connectivity index (χ4n) is 2.64. The standard InChI is InChI=1S/C15H21ClN2O2/c1-9(2)13-6-11(7-14(16)17-13)15(20)18-12-5-3-4-10(12)8-19/h6-7,9-10,12,19H,3-5,8H2,1-2H3,(H,18,20). The molecule has 2 atom stereocenters. The van der Waals surface area contributed by atoms with Gasteiger partial charge in [0.15, 0.2) is 0 Å². The Balaban J connectivity index is 2.13. The first-order valence-corrected chi connectivity index (χ1v) is 7.48. The molecular weight excluding hydrogens is 276 g/mol. The van der Waals surface area contributed by atoms with E-state index in [1.165, 1.54) is 0 Å². The zero-order valence-corrected chi connectivity index (χ0v) is 12.7. The lowest BCUT2D eigenvalue weighted by atomic mass is 10.0. The maximum atomic E-state index is 12.3. The van der Waals surface area contributed by atoms with Crippen LogP contribution in [0.25, 0.3) is 0 Å². The molecule has 0 bridgehead atoms. The van der Waals surface area contributed by atoms with Gasteiger partial charge in [0.25, 0.3) is 5.91 Å². The molecular formula is C15H21ClN2O2. The lowest BCUT2D eigenvalue weighted by Crippen LogP contribution is -2.38. The second kappa shape index (κ2) is 6.55. The number of nitrogens with zero attached hydrogens (tertiary/aromatic N) is 1. The quantitative estimate of drug-likeness (QED) is 0.840. The van der Waals surface area contributed by atoms with E-state index < -0.39 is 0 Å². The third-order valence-electron chi connectivity index (χ3n) is 3.88. The molecule has 1 aromatic heterocycles. The van der Waals surface area contributed by atoms with Crippen LogP contribution in [0, 0.1) is 5.92 Å². The number of carbonyl (C=O) groups excluding carboxylic acids is 1. The Morgan fingerprint density at radius 2 is 2.25 bits per heavy atom. The van der Waals surface area contributed by atoms with Gasteiger partial charge in [-0.15, -0.1) is 0 Å². The molecule has 0 saturated heterocycles. The zero-order chi connectivity index (χ0) is 14.7. The highest BCUT2D eigenvalue weighted by Gasteiger charge is 2.28. The highest BCUT2D eigenvalue weighted by atomic mass is 35.5. The number of nitrogens with one attached hydrogen (secondary N) is 1. The lowest BCUT2D eigenvalue weighted by molar-refractivity contribution is 0.0916. The van der Waals surface area contributed by atoms with E-state index in [0.717, 1.165) is 25.0 Å². The first-order chi connectivity index (χ1) is 9.51. The maximum Gasteiger partial charge on any atom is 0.251 e. The minimum Gasteiger partial charge on any atom is -0.396 e. The van der Waals surface area contributed by atoms with Crippen molar-refractivity contribution < 1.29 is 9.90 Å². The van der Waals surface area contributed by atoms with Crippen molar-refractivity contribution in [1.29, 1.82) is 0 Å². The van der Waals surface area contributed by atoms with Gasteiger partial charge in [0.05, 0.1) is 0 Å². The molecule has 5 heteroatoms. The van der Waals surface area contributed by atoms with Gasteiger partial charge in [0, 0.05) is 29.8 Å². The Morgan fingerprint density at radius 3 is 2.90 bits per heavy atom. The van der Waals surface area contributed by atoms with Crippen LogP contribution in [0.3, 0.4) is 0 Å². The van der Waals surface area contributed by atoms with Crippen molar-refractivity contribution in [2.75, 3.05) is 6.61 Å². The predicted octanol–water partition coefficient (Wildman–Crippen LogP) is 2.75. The maximum absolute atomic E-state index is 12.3. The smallest absolute Gasteiger partial charge is 0.251 e. The van der Waals surface area contributed by atoms with E-state index in [0.29, 0.717) is 10.7 Å². The van der Waals surface area contributed by atoms with E-state index in [1.54, 1.807) is 12.1 Å². The highest BCUT2D eigenvalue weighted by molar-refractivity contribution is 6.29. The molecule has 1 amide bonds. The molecule has 1 aromatic rings. The number of aliphatic hydroxyl groups is 1. The van der Waals surface area contributed by atoms with Crippen molar-refractivity contribution in [3.63, 3.8) is 0 Å². The molecule has 0 spiro atoms. The summed E-state index contributed by atoms with van der Waals surface area (Å²) >= 11 is 5.98. The topological polar surface area (TPSA) is 62.2 Å². The molecule has 0 aliphatic heterocycles. The average Bonchev–Trinajstić information content (AvgIpc) is 2.85. The Labute approximate surface area is 124 Å². The molecule has 0 aromatic carbocycles. The first kappa shape index (κ1) is 15.3. The second-order valence-electron chi connectivity index (χ2n) is 5.71. The third-order valence-corrected chi connectivity index (χ3v) is 4.07. The number of aliphatic hydroxyl groups excluding tert-OH is 1. The van der Waals surface area contributed by atoms with E-state index in [4.69, 9.17) is 11.6 Å². The molecule has 2 unspecified atom stereocenters. The summed E-state index contributed by atoms with van der Waals surface area (Å²) in [5.74, 6) is 0.249. The van der Waals surface area contributed by atoms with Crippen molar-refractivity contribution in [2.45, 2.75) is 45.1 Å². The van der Waals surface area contributed by atoms with Crippen LogP contribution in [-0.4, -0.2) is 28.6 Å². The summed E-state index contributed by atoms with van der Waals surface area (Å²) in [5, 5.41) is 12.6. The van der Waals surface area contributed by atoms with Crippen LogP contribution < -0.4 is 5.32 Å². The number of carbonyl (C=O) groups is 1. The lowest BCUT2D eigenvalue weighted by Gasteiger charge is -2.19. The molecule has 4 nitrogen and oxygen atoms in total. The monoisotopic (exact) mass is 296 g/mol. The van der Waals surface area contributed by atoms with Gasteiger partial charge in [-0.05, 0) is 30.9 Å². The SMILES string of the molecule is CC(C)c1cc(C(=O)NC2CCCC2CO)cc(Cl)n1. The number of hydrogen-bond acceptors (Lipinski definition) is 3. The Morgan fingerprint density at radius 1 is 1.50 bits per heavy atom. The fraction of sp³-hybridized carbons (Fsp3) is 0.600. The van der Waals surface area contributed by atoms with Crippen molar-refractivity contribution >= 4 is 17.5 Å². The molecule has 1 aliphatic rings. The van der Waals surface area contributed by atoms with E-state index in [9.17, 15) is 9.90 Å². The largest absolute Gasteiger partial charge is 0.396 e. The molecule has 2 N–H and O–H groups in total. The van der Waals surface area contributed by atoms with Crippen LogP contribution in [0.5, 0.6) is 0 Å². The van der Waals surface area contributed by atoms with Crippen molar-refractivity contribution in [3.8, 4) is 0 Å². The van der Waals surface area contributed by atoms with Gasteiger partial charge in [-0.25, -0.2) is 4.98 Å².